The van der Waals surface area contributed by atoms with Gasteiger partial charge in [-0.05, 0) is 25.7 Å². The number of alkyl carbamates (subject to hydrolysis) is 2. The highest BCUT2D eigenvalue weighted by Crippen LogP contribution is 2.14. The molecule has 0 heterocycles. The van der Waals surface area contributed by atoms with Crippen LogP contribution in [0.5, 0.6) is 0 Å². The zero-order chi connectivity index (χ0) is 32.0. The Morgan fingerprint density at radius 1 is 0.341 bits per heavy atom. The van der Waals surface area contributed by atoms with Gasteiger partial charge in [-0.15, -0.1) is 0 Å². The number of rotatable bonds is 35. The van der Waals surface area contributed by atoms with E-state index in [2.05, 4.69) is 24.5 Å². The van der Waals surface area contributed by atoms with Crippen LogP contribution < -0.4 is 10.6 Å². The number of carbonyl (C=O) groups excluding carboxylic acids is 2. The lowest BCUT2D eigenvalue weighted by molar-refractivity contribution is 0.142. The average molecular weight is 625 g/mol. The predicted molar refractivity (Wildman–Crippen MR) is 189 cm³/mol. The molecule has 262 valence electrons. The van der Waals surface area contributed by atoms with Crippen molar-refractivity contribution in [2.24, 2.45) is 0 Å². The van der Waals surface area contributed by atoms with Crippen molar-refractivity contribution in [3.63, 3.8) is 0 Å². The molecule has 0 aliphatic heterocycles. The Hall–Kier alpha value is -1.46. The summed E-state index contributed by atoms with van der Waals surface area (Å²) in [5.41, 5.74) is 0. The lowest BCUT2D eigenvalue weighted by Gasteiger charge is -2.08. The van der Waals surface area contributed by atoms with E-state index in [1.807, 2.05) is 0 Å². The molecule has 2 amide bonds. The largest absolute Gasteiger partial charge is 0.450 e. The fourth-order valence-electron chi connectivity index (χ4n) is 5.66. The van der Waals surface area contributed by atoms with Gasteiger partial charge in [0.15, 0.2) is 0 Å². The van der Waals surface area contributed by atoms with Crippen molar-refractivity contribution in [3.05, 3.63) is 0 Å². The molecule has 0 aromatic rings. The topological polar surface area (TPSA) is 76.7 Å². The van der Waals surface area contributed by atoms with E-state index in [4.69, 9.17) is 9.47 Å². The summed E-state index contributed by atoms with van der Waals surface area (Å²) in [4.78, 5) is 23.6. The summed E-state index contributed by atoms with van der Waals surface area (Å²) in [6.07, 6.45) is 37.5. The minimum Gasteiger partial charge on any atom is -0.450 e. The van der Waals surface area contributed by atoms with Gasteiger partial charge >= 0.3 is 12.2 Å². The highest BCUT2D eigenvalue weighted by atomic mass is 16.6. The van der Waals surface area contributed by atoms with Crippen molar-refractivity contribution in [3.8, 4) is 0 Å². The van der Waals surface area contributed by atoms with Crippen LogP contribution in [0.2, 0.25) is 0 Å². The van der Waals surface area contributed by atoms with Crippen LogP contribution in [0.4, 0.5) is 9.59 Å². The molecule has 0 bridgehead atoms. The van der Waals surface area contributed by atoms with Crippen molar-refractivity contribution >= 4 is 12.2 Å². The molecule has 0 saturated carbocycles. The van der Waals surface area contributed by atoms with E-state index in [1.165, 1.54) is 141 Å². The zero-order valence-electron chi connectivity index (χ0n) is 29.7. The number of ether oxygens (including phenoxy) is 2. The third-order valence-corrected chi connectivity index (χ3v) is 8.60. The first-order valence-corrected chi connectivity index (χ1v) is 19.5. The van der Waals surface area contributed by atoms with Gasteiger partial charge in [-0.2, -0.15) is 0 Å². The molecule has 0 unspecified atom stereocenters. The van der Waals surface area contributed by atoms with Crippen LogP contribution in [-0.4, -0.2) is 38.5 Å². The number of hydrogen-bond donors (Lipinski definition) is 2. The molecular weight excluding hydrogens is 548 g/mol. The van der Waals surface area contributed by atoms with Gasteiger partial charge in [-0.1, -0.05) is 181 Å². The fourth-order valence-corrected chi connectivity index (χ4v) is 5.66. The van der Waals surface area contributed by atoms with E-state index in [0.717, 1.165) is 51.4 Å². The summed E-state index contributed by atoms with van der Waals surface area (Å²) < 4.78 is 10.6. The van der Waals surface area contributed by atoms with Gasteiger partial charge < -0.3 is 20.1 Å². The van der Waals surface area contributed by atoms with Crippen LogP contribution in [-0.2, 0) is 9.47 Å². The standard InChI is InChI=1S/C38H76N2O4/c1-3-5-7-9-11-13-15-17-19-21-23-27-31-35-43-37(41)39-33-29-25-26-30-34-40-38(42)44-36-32-28-24-22-20-18-16-14-12-10-8-6-4-2/h3-36H2,1-2H3,(H,39,41)(H,40,42). The maximum absolute atomic E-state index is 11.8. The Kier molecular flexibility index (Phi) is 36.5. The van der Waals surface area contributed by atoms with Crippen LogP contribution in [0.15, 0.2) is 0 Å². The molecule has 0 aliphatic carbocycles. The van der Waals surface area contributed by atoms with E-state index in [1.54, 1.807) is 0 Å². The second-order valence-corrected chi connectivity index (χ2v) is 13.0. The number of carbonyl (C=O) groups is 2. The molecule has 0 atom stereocenters. The Bertz CT molecular complexity index is 537. The molecule has 0 rings (SSSR count). The maximum atomic E-state index is 11.8. The molecule has 0 aromatic carbocycles. The zero-order valence-corrected chi connectivity index (χ0v) is 29.7. The second kappa shape index (κ2) is 37.7. The van der Waals surface area contributed by atoms with Crippen LogP contribution in [0.25, 0.3) is 0 Å². The third-order valence-electron chi connectivity index (χ3n) is 8.60. The van der Waals surface area contributed by atoms with Crippen molar-refractivity contribution in [1.29, 1.82) is 0 Å². The van der Waals surface area contributed by atoms with Crippen LogP contribution in [0.1, 0.15) is 206 Å². The van der Waals surface area contributed by atoms with Gasteiger partial charge in [0, 0.05) is 13.1 Å². The van der Waals surface area contributed by atoms with Crippen molar-refractivity contribution in [1.82, 2.24) is 10.6 Å². The van der Waals surface area contributed by atoms with Gasteiger partial charge in [-0.3, -0.25) is 0 Å². The summed E-state index contributed by atoms with van der Waals surface area (Å²) in [5.74, 6) is 0. The van der Waals surface area contributed by atoms with Crippen molar-refractivity contribution < 1.29 is 19.1 Å². The molecule has 0 saturated heterocycles. The van der Waals surface area contributed by atoms with Crippen LogP contribution >= 0.6 is 0 Å². The van der Waals surface area contributed by atoms with E-state index in [-0.39, 0.29) is 12.2 Å². The van der Waals surface area contributed by atoms with Gasteiger partial charge in [0.25, 0.3) is 0 Å². The molecule has 0 aliphatic rings. The summed E-state index contributed by atoms with van der Waals surface area (Å²) in [5, 5.41) is 5.70. The molecule has 0 fully saturated rings. The Balaban J connectivity index is 3.24. The first-order chi connectivity index (χ1) is 21.7. The molecule has 6 nitrogen and oxygen atoms in total. The summed E-state index contributed by atoms with van der Waals surface area (Å²) in [6.45, 7) is 6.87. The third kappa shape index (κ3) is 36.7. The Labute approximate surface area is 274 Å². The smallest absolute Gasteiger partial charge is 0.407 e. The molecule has 0 aromatic heterocycles. The highest BCUT2D eigenvalue weighted by molar-refractivity contribution is 5.67. The first-order valence-electron chi connectivity index (χ1n) is 19.5. The fraction of sp³-hybridized carbons (Fsp3) is 0.947. The molecule has 44 heavy (non-hydrogen) atoms. The lowest BCUT2D eigenvalue weighted by Crippen LogP contribution is -2.26. The quantitative estimate of drug-likeness (QED) is 0.0688. The molecule has 6 heteroatoms. The molecule has 2 N–H and O–H groups in total. The summed E-state index contributed by atoms with van der Waals surface area (Å²) in [6, 6.07) is 0. The average Bonchev–Trinajstić information content (AvgIpc) is 3.02. The number of hydrogen-bond acceptors (Lipinski definition) is 4. The van der Waals surface area contributed by atoms with Crippen LogP contribution in [0.3, 0.4) is 0 Å². The Morgan fingerprint density at radius 2 is 0.568 bits per heavy atom. The first kappa shape index (κ1) is 42.5. The van der Waals surface area contributed by atoms with Gasteiger partial charge in [0.1, 0.15) is 0 Å². The molecule has 0 spiro atoms. The summed E-state index contributed by atoms with van der Waals surface area (Å²) in [7, 11) is 0. The van der Waals surface area contributed by atoms with Gasteiger partial charge in [0.2, 0.25) is 0 Å². The SMILES string of the molecule is CCCCCCCCCCCCCCCOC(=O)NCCCCCCNC(=O)OCCCCCCCCCCCCCCC. The summed E-state index contributed by atoms with van der Waals surface area (Å²) >= 11 is 0. The van der Waals surface area contributed by atoms with E-state index in [9.17, 15) is 9.59 Å². The van der Waals surface area contributed by atoms with E-state index >= 15 is 0 Å². The Morgan fingerprint density at radius 3 is 0.841 bits per heavy atom. The molecular formula is C38H76N2O4. The number of amides is 2. The number of nitrogens with one attached hydrogen (secondary N) is 2. The highest BCUT2D eigenvalue weighted by Gasteiger charge is 2.03. The maximum Gasteiger partial charge on any atom is 0.407 e. The minimum absolute atomic E-state index is 0.295. The lowest BCUT2D eigenvalue weighted by atomic mass is 10.0. The normalized spacial score (nSPS) is 11.0. The van der Waals surface area contributed by atoms with Crippen molar-refractivity contribution in [2.45, 2.75) is 206 Å². The minimum atomic E-state index is -0.295. The number of unbranched alkanes of at least 4 members (excludes halogenated alkanes) is 27. The van der Waals surface area contributed by atoms with Crippen LogP contribution in [0, 0.1) is 0 Å². The second-order valence-electron chi connectivity index (χ2n) is 13.0. The molecule has 0 radical (unpaired) electrons. The van der Waals surface area contributed by atoms with E-state index in [0.29, 0.717) is 26.3 Å². The predicted octanol–water partition coefficient (Wildman–Crippen LogP) is 12.2. The van der Waals surface area contributed by atoms with E-state index < -0.39 is 0 Å². The monoisotopic (exact) mass is 625 g/mol. The van der Waals surface area contributed by atoms with Gasteiger partial charge in [0.05, 0.1) is 13.2 Å². The van der Waals surface area contributed by atoms with Gasteiger partial charge in [-0.25, -0.2) is 9.59 Å². The van der Waals surface area contributed by atoms with Crippen molar-refractivity contribution in [2.75, 3.05) is 26.3 Å².